The number of aromatic nitrogens is 1. The molecule has 0 spiro atoms. The molecule has 0 unspecified atom stereocenters. The maximum atomic E-state index is 11.7. The molecule has 30 heavy (non-hydrogen) atoms. The van der Waals surface area contributed by atoms with Crippen molar-refractivity contribution in [2.45, 2.75) is 38.2 Å². The van der Waals surface area contributed by atoms with E-state index in [1.54, 1.807) is 6.20 Å². The molecule has 4 rings (SSSR count). The summed E-state index contributed by atoms with van der Waals surface area (Å²) in [6.45, 7) is 4.50. The molecule has 1 aromatic rings. The molecule has 0 saturated carbocycles. The van der Waals surface area contributed by atoms with Gasteiger partial charge in [0.05, 0.1) is 18.1 Å². The number of guanidine groups is 1. The van der Waals surface area contributed by atoms with Crippen molar-refractivity contribution in [3.63, 3.8) is 0 Å². The average molecular weight is 436 g/mol. The molecule has 3 aliphatic rings. The van der Waals surface area contributed by atoms with Crippen LogP contribution in [-0.4, -0.2) is 71.8 Å². The molecule has 1 aromatic heterocycles. The maximum absolute atomic E-state index is 11.7. The zero-order chi connectivity index (χ0) is 21.5. The molecule has 0 amide bonds. The van der Waals surface area contributed by atoms with Crippen LogP contribution in [0.2, 0.25) is 0 Å². The number of ether oxygens (including phenoxy) is 1. The minimum atomic E-state index is -3.16. The third-order valence-corrected chi connectivity index (χ3v) is 7.86. The summed E-state index contributed by atoms with van der Waals surface area (Å²) in [5, 5.41) is 12.0. The average Bonchev–Trinajstić information content (AvgIpc) is 3.09. The summed E-state index contributed by atoms with van der Waals surface area (Å²) in [7, 11) is -3.16. The topological polar surface area (TPSA) is 121 Å². The van der Waals surface area contributed by atoms with Crippen molar-refractivity contribution in [2.75, 3.05) is 32.4 Å². The fourth-order valence-corrected chi connectivity index (χ4v) is 5.52. The van der Waals surface area contributed by atoms with Crippen LogP contribution in [0.15, 0.2) is 23.5 Å². The Morgan fingerprint density at radius 2 is 2.10 bits per heavy atom. The zero-order valence-corrected chi connectivity index (χ0v) is 18.2. The first kappa shape index (κ1) is 20.9. The highest BCUT2D eigenvalue weighted by atomic mass is 32.2. The number of hydrogen-bond acceptors (Lipinski definition) is 6. The van der Waals surface area contributed by atoms with E-state index in [0.29, 0.717) is 25.4 Å². The fourth-order valence-electron chi connectivity index (χ4n) is 4.75. The van der Waals surface area contributed by atoms with Gasteiger partial charge < -0.3 is 20.6 Å². The molecule has 1 atom stereocenters. The van der Waals surface area contributed by atoms with Crippen molar-refractivity contribution in [3.05, 3.63) is 29.6 Å². The van der Waals surface area contributed by atoms with Crippen LogP contribution < -0.4 is 10.5 Å². The minimum Gasteiger partial charge on any atom is -0.485 e. The molecular weight excluding hydrogens is 406 g/mol. The predicted octanol–water partition coefficient (Wildman–Crippen LogP) is 1.24. The van der Waals surface area contributed by atoms with Crippen LogP contribution in [0.5, 0.6) is 5.75 Å². The first-order chi connectivity index (χ1) is 14.2. The number of nitrogens with zero attached hydrogens (tertiary/aromatic N) is 4. The van der Waals surface area contributed by atoms with Gasteiger partial charge in [0.25, 0.3) is 0 Å². The second kappa shape index (κ2) is 7.73. The Morgan fingerprint density at radius 1 is 1.37 bits per heavy atom. The summed E-state index contributed by atoms with van der Waals surface area (Å²) < 4.78 is 31.3. The van der Waals surface area contributed by atoms with E-state index in [2.05, 4.69) is 23.1 Å². The lowest BCUT2D eigenvalue weighted by Gasteiger charge is -2.40. The van der Waals surface area contributed by atoms with Gasteiger partial charge in [-0.25, -0.2) is 8.42 Å². The van der Waals surface area contributed by atoms with E-state index in [4.69, 9.17) is 15.7 Å². The van der Waals surface area contributed by atoms with Gasteiger partial charge in [0.1, 0.15) is 11.4 Å². The van der Waals surface area contributed by atoms with Crippen LogP contribution in [0.25, 0.3) is 5.57 Å². The highest BCUT2D eigenvalue weighted by Gasteiger charge is 2.43. The third-order valence-electron chi connectivity index (χ3n) is 6.59. The van der Waals surface area contributed by atoms with Crippen molar-refractivity contribution in [1.29, 1.82) is 0 Å². The van der Waals surface area contributed by atoms with E-state index in [-0.39, 0.29) is 11.6 Å². The van der Waals surface area contributed by atoms with Crippen molar-refractivity contribution in [1.82, 2.24) is 14.2 Å². The van der Waals surface area contributed by atoms with Crippen LogP contribution in [-0.2, 0) is 16.4 Å². The van der Waals surface area contributed by atoms with Crippen molar-refractivity contribution >= 4 is 21.6 Å². The Kier molecular flexibility index (Phi) is 5.39. The Bertz CT molecular complexity index is 985. The summed E-state index contributed by atoms with van der Waals surface area (Å²) in [6.07, 6.45) is 8.29. The van der Waals surface area contributed by atoms with Gasteiger partial charge in [-0.1, -0.05) is 11.2 Å². The van der Waals surface area contributed by atoms with E-state index in [9.17, 15) is 8.42 Å². The molecule has 164 valence electrons. The predicted molar refractivity (Wildman–Crippen MR) is 114 cm³/mol. The van der Waals surface area contributed by atoms with Crippen LogP contribution in [0.4, 0.5) is 0 Å². The largest absolute Gasteiger partial charge is 0.485 e. The van der Waals surface area contributed by atoms with Gasteiger partial charge in [-0.05, 0) is 37.8 Å². The van der Waals surface area contributed by atoms with Crippen molar-refractivity contribution in [3.8, 4) is 5.75 Å². The summed E-state index contributed by atoms with van der Waals surface area (Å²) in [6, 6.07) is 2.09. The smallest absolute Gasteiger partial charge is 0.233 e. The highest BCUT2D eigenvalue weighted by Crippen LogP contribution is 2.43. The number of nitrogens with two attached hydrogens (primary N) is 1. The number of pyridine rings is 1. The van der Waals surface area contributed by atoms with E-state index in [1.165, 1.54) is 10.6 Å². The lowest BCUT2D eigenvalue weighted by molar-refractivity contribution is 0.0205. The van der Waals surface area contributed by atoms with Gasteiger partial charge in [-0.3, -0.25) is 4.98 Å². The first-order valence-corrected chi connectivity index (χ1v) is 12.1. The molecule has 1 fully saturated rings. The summed E-state index contributed by atoms with van der Waals surface area (Å²) in [5.41, 5.74) is 8.54. The molecule has 10 heteroatoms. The monoisotopic (exact) mass is 435 g/mol. The van der Waals surface area contributed by atoms with Gasteiger partial charge in [0, 0.05) is 44.1 Å². The number of hydrogen-bond donors (Lipinski definition) is 2. The summed E-state index contributed by atoms with van der Waals surface area (Å²) in [4.78, 5) is 6.47. The van der Waals surface area contributed by atoms with Crippen LogP contribution >= 0.6 is 0 Å². The summed E-state index contributed by atoms with van der Waals surface area (Å²) >= 11 is 0. The number of sulfonamides is 1. The highest BCUT2D eigenvalue weighted by molar-refractivity contribution is 7.88. The Balaban J connectivity index is 1.45. The molecule has 3 aliphatic heterocycles. The van der Waals surface area contributed by atoms with Gasteiger partial charge >= 0.3 is 0 Å². The molecule has 1 saturated heterocycles. The van der Waals surface area contributed by atoms with Crippen LogP contribution in [0.3, 0.4) is 0 Å². The fraction of sp³-hybridized carbons (Fsp3) is 0.600. The number of likely N-dealkylation sites (tertiary alicyclic amines) is 1. The Morgan fingerprint density at radius 3 is 2.70 bits per heavy atom. The quantitative estimate of drug-likeness (QED) is 0.317. The number of oxime groups is 1. The molecular formula is C20H29N5O4S. The van der Waals surface area contributed by atoms with E-state index in [0.717, 1.165) is 54.9 Å². The lowest BCUT2D eigenvalue weighted by Crippen LogP contribution is -2.49. The Labute approximate surface area is 177 Å². The first-order valence-electron chi connectivity index (χ1n) is 10.2. The number of fused-ring (bicyclic) bond motifs is 1. The van der Waals surface area contributed by atoms with E-state index in [1.807, 2.05) is 11.0 Å². The molecule has 0 aromatic carbocycles. The van der Waals surface area contributed by atoms with Gasteiger partial charge in [-0.15, -0.1) is 0 Å². The van der Waals surface area contributed by atoms with Crippen LogP contribution in [0.1, 0.15) is 37.4 Å². The SMILES string of the molecule is C[C@@]1(C2CCN(C(N)=NO)CC2)Cc2cc(C3=CCN(S(C)(=O)=O)CC3)ncc2O1. The molecule has 3 N–H and O–H groups in total. The Hall–Kier alpha value is -2.33. The normalized spacial score (nSPS) is 26.3. The molecule has 0 aliphatic carbocycles. The zero-order valence-electron chi connectivity index (χ0n) is 17.4. The third kappa shape index (κ3) is 3.98. The minimum absolute atomic E-state index is 0.165. The number of piperidine rings is 1. The standard InChI is InChI=1S/C20H29N5O4S/c1-20(16-5-7-24(8-6-16)19(21)23-26)12-15-11-17(22-13-18(15)29-20)14-3-9-25(10-4-14)30(2,27)28/h3,11,13,16,26H,4-10,12H2,1-2H3,(H2,21,23)/t20-/m0/s1. The van der Waals surface area contributed by atoms with Gasteiger partial charge in [0.2, 0.25) is 16.0 Å². The number of rotatable bonds is 3. The lowest BCUT2D eigenvalue weighted by atomic mass is 9.79. The second-order valence-corrected chi connectivity index (χ2v) is 10.6. The molecule has 4 heterocycles. The van der Waals surface area contributed by atoms with Gasteiger partial charge in [-0.2, -0.15) is 4.31 Å². The van der Waals surface area contributed by atoms with Crippen molar-refractivity contribution in [2.24, 2.45) is 16.8 Å². The van der Waals surface area contributed by atoms with E-state index >= 15 is 0 Å². The summed E-state index contributed by atoms with van der Waals surface area (Å²) in [5.74, 6) is 1.36. The maximum Gasteiger partial charge on any atom is 0.233 e. The molecule has 9 nitrogen and oxygen atoms in total. The van der Waals surface area contributed by atoms with Gasteiger partial charge in [0.15, 0.2) is 0 Å². The second-order valence-electron chi connectivity index (χ2n) is 8.59. The molecule has 0 radical (unpaired) electrons. The van der Waals surface area contributed by atoms with Crippen molar-refractivity contribution < 1.29 is 18.4 Å². The van der Waals surface area contributed by atoms with E-state index < -0.39 is 10.0 Å². The van der Waals surface area contributed by atoms with Crippen LogP contribution in [0, 0.1) is 5.92 Å². The molecule has 0 bridgehead atoms.